The van der Waals surface area contributed by atoms with Gasteiger partial charge < -0.3 is 19.5 Å². The van der Waals surface area contributed by atoms with Crippen molar-refractivity contribution in [3.05, 3.63) is 0 Å². The van der Waals surface area contributed by atoms with Crippen LogP contribution in [0.5, 0.6) is 0 Å². The monoisotopic (exact) mass is 257 g/mol. The van der Waals surface area contributed by atoms with E-state index in [4.69, 9.17) is 14.6 Å². The molecule has 2 rings (SSSR count). The summed E-state index contributed by atoms with van der Waals surface area (Å²) in [4.78, 5) is 24.7. The Kier molecular flexibility index (Phi) is 4.54. The summed E-state index contributed by atoms with van der Waals surface area (Å²) in [6, 6.07) is -0.366. The zero-order valence-corrected chi connectivity index (χ0v) is 10.3. The first kappa shape index (κ1) is 13.3. The Morgan fingerprint density at radius 3 is 2.78 bits per heavy atom. The molecule has 2 atom stereocenters. The number of rotatable bonds is 3. The average Bonchev–Trinajstić information content (AvgIpc) is 2.39. The van der Waals surface area contributed by atoms with E-state index in [-0.39, 0.29) is 18.4 Å². The average molecular weight is 257 g/mol. The third-order valence-electron chi connectivity index (χ3n) is 3.38. The van der Waals surface area contributed by atoms with Gasteiger partial charge in [0.15, 0.2) is 0 Å². The van der Waals surface area contributed by atoms with E-state index in [1.54, 1.807) is 4.90 Å². The highest BCUT2D eigenvalue weighted by atomic mass is 16.5. The number of morpholine rings is 1. The second-order valence-electron chi connectivity index (χ2n) is 4.71. The number of nitrogens with zero attached hydrogens (tertiary/aromatic N) is 1. The molecule has 2 unspecified atom stereocenters. The number of ether oxygens (including phenoxy) is 2. The first-order chi connectivity index (χ1) is 8.68. The molecule has 2 heterocycles. The van der Waals surface area contributed by atoms with E-state index >= 15 is 0 Å². The lowest BCUT2D eigenvalue weighted by Crippen LogP contribution is -2.53. The number of hydrogen-bond donors (Lipinski definition) is 1. The number of carbonyl (C=O) groups excluding carboxylic acids is 1. The number of carbonyl (C=O) groups is 2. The van der Waals surface area contributed by atoms with Gasteiger partial charge in [-0.25, -0.2) is 0 Å². The van der Waals surface area contributed by atoms with Crippen LogP contribution in [-0.2, 0) is 19.1 Å². The molecule has 0 spiro atoms. The lowest BCUT2D eigenvalue weighted by atomic mass is 10.1. The van der Waals surface area contributed by atoms with Crippen LogP contribution >= 0.6 is 0 Å². The molecule has 0 bridgehead atoms. The van der Waals surface area contributed by atoms with E-state index in [9.17, 15) is 9.59 Å². The Hall–Kier alpha value is -1.14. The molecule has 18 heavy (non-hydrogen) atoms. The summed E-state index contributed by atoms with van der Waals surface area (Å²) in [5, 5.41) is 8.85. The van der Waals surface area contributed by atoms with Gasteiger partial charge in [0.1, 0.15) is 6.10 Å². The second kappa shape index (κ2) is 6.15. The zero-order valence-electron chi connectivity index (χ0n) is 10.3. The molecular weight excluding hydrogens is 238 g/mol. The van der Waals surface area contributed by atoms with Crippen LogP contribution in [0.3, 0.4) is 0 Å². The summed E-state index contributed by atoms with van der Waals surface area (Å²) < 4.78 is 10.7. The standard InChI is InChI=1S/C12H19NO5/c14-11(15)7-9-8-17-6-4-13(9)12(16)10-3-1-2-5-18-10/h9-10H,1-8H2,(H,14,15). The Balaban J connectivity index is 1.98. The van der Waals surface area contributed by atoms with E-state index in [0.29, 0.717) is 26.4 Å². The van der Waals surface area contributed by atoms with Gasteiger partial charge in [0.25, 0.3) is 5.91 Å². The van der Waals surface area contributed by atoms with Gasteiger partial charge in [0, 0.05) is 13.2 Å². The van der Waals surface area contributed by atoms with Gasteiger partial charge in [-0.05, 0) is 19.3 Å². The van der Waals surface area contributed by atoms with Gasteiger partial charge >= 0.3 is 5.97 Å². The Morgan fingerprint density at radius 2 is 2.11 bits per heavy atom. The normalized spacial score (nSPS) is 29.0. The molecule has 6 nitrogen and oxygen atoms in total. The molecule has 1 N–H and O–H groups in total. The van der Waals surface area contributed by atoms with Crippen molar-refractivity contribution in [3.63, 3.8) is 0 Å². The summed E-state index contributed by atoms with van der Waals surface area (Å²) in [7, 11) is 0. The van der Waals surface area contributed by atoms with Crippen molar-refractivity contribution in [3.8, 4) is 0 Å². The fourth-order valence-electron chi connectivity index (χ4n) is 2.44. The minimum atomic E-state index is -0.909. The van der Waals surface area contributed by atoms with E-state index in [1.165, 1.54) is 0 Å². The van der Waals surface area contributed by atoms with Gasteiger partial charge in [-0.15, -0.1) is 0 Å². The van der Waals surface area contributed by atoms with Crippen LogP contribution in [0, 0.1) is 0 Å². The third kappa shape index (κ3) is 3.20. The highest BCUT2D eigenvalue weighted by Crippen LogP contribution is 2.19. The quantitative estimate of drug-likeness (QED) is 0.784. The predicted molar refractivity (Wildman–Crippen MR) is 62.2 cm³/mol. The van der Waals surface area contributed by atoms with E-state index < -0.39 is 12.1 Å². The van der Waals surface area contributed by atoms with Gasteiger partial charge in [-0.3, -0.25) is 9.59 Å². The predicted octanol–water partition coefficient (Wildman–Crippen LogP) is 0.258. The molecule has 2 saturated heterocycles. The first-order valence-electron chi connectivity index (χ1n) is 6.40. The van der Waals surface area contributed by atoms with Crippen molar-refractivity contribution >= 4 is 11.9 Å². The lowest BCUT2D eigenvalue weighted by molar-refractivity contribution is -0.157. The molecule has 2 aliphatic rings. The minimum absolute atomic E-state index is 0.0710. The lowest BCUT2D eigenvalue weighted by Gasteiger charge is -2.37. The van der Waals surface area contributed by atoms with Gasteiger partial charge in [-0.2, -0.15) is 0 Å². The van der Waals surface area contributed by atoms with Crippen molar-refractivity contribution in [1.82, 2.24) is 4.90 Å². The summed E-state index contributed by atoms with van der Waals surface area (Å²) in [5.41, 5.74) is 0. The molecule has 0 aromatic heterocycles. The van der Waals surface area contributed by atoms with Gasteiger partial charge in [0.2, 0.25) is 0 Å². The molecule has 0 aromatic carbocycles. The molecule has 102 valence electrons. The summed E-state index contributed by atoms with van der Waals surface area (Å²) in [5.74, 6) is -0.989. The number of carboxylic acid groups (broad SMARTS) is 1. The number of amides is 1. The maximum atomic E-state index is 12.3. The van der Waals surface area contributed by atoms with Crippen molar-refractivity contribution in [1.29, 1.82) is 0 Å². The van der Waals surface area contributed by atoms with Crippen molar-refractivity contribution in [2.24, 2.45) is 0 Å². The largest absolute Gasteiger partial charge is 0.481 e. The maximum Gasteiger partial charge on any atom is 0.305 e. The molecule has 0 saturated carbocycles. The highest BCUT2D eigenvalue weighted by molar-refractivity contribution is 5.82. The van der Waals surface area contributed by atoms with E-state index in [0.717, 1.165) is 19.3 Å². The minimum Gasteiger partial charge on any atom is -0.481 e. The molecule has 2 aliphatic heterocycles. The van der Waals surface area contributed by atoms with Crippen LogP contribution in [0.1, 0.15) is 25.7 Å². The van der Waals surface area contributed by atoms with Crippen LogP contribution < -0.4 is 0 Å². The highest BCUT2D eigenvalue weighted by Gasteiger charge is 2.34. The van der Waals surface area contributed by atoms with E-state index in [2.05, 4.69) is 0 Å². The summed E-state index contributed by atoms with van der Waals surface area (Å²) >= 11 is 0. The SMILES string of the molecule is O=C(O)CC1COCCN1C(=O)C1CCCCO1. The molecular formula is C12H19NO5. The second-order valence-corrected chi connectivity index (χ2v) is 4.71. The summed E-state index contributed by atoms with van der Waals surface area (Å²) in [6.07, 6.45) is 2.25. The molecule has 0 aromatic rings. The maximum absolute atomic E-state index is 12.3. The molecule has 6 heteroatoms. The van der Waals surface area contributed by atoms with Crippen molar-refractivity contribution < 1.29 is 24.2 Å². The number of carboxylic acids is 1. The smallest absolute Gasteiger partial charge is 0.305 e. The van der Waals surface area contributed by atoms with Gasteiger partial charge in [-0.1, -0.05) is 0 Å². The molecule has 2 fully saturated rings. The van der Waals surface area contributed by atoms with Crippen molar-refractivity contribution in [2.45, 2.75) is 37.8 Å². The van der Waals surface area contributed by atoms with Crippen LogP contribution in [0.2, 0.25) is 0 Å². The van der Waals surface area contributed by atoms with Crippen LogP contribution in [0.4, 0.5) is 0 Å². The molecule has 0 radical (unpaired) electrons. The van der Waals surface area contributed by atoms with Crippen LogP contribution in [0.25, 0.3) is 0 Å². The topological polar surface area (TPSA) is 76.1 Å². The first-order valence-corrected chi connectivity index (χ1v) is 6.40. The van der Waals surface area contributed by atoms with Gasteiger partial charge in [0.05, 0.1) is 25.7 Å². The third-order valence-corrected chi connectivity index (χ3v) is 3.38. The fourth-order valence-corrected chi connectivity index (χ4v) is 2.44. The number of aliphatic carboxylic acids is 1. The number of hydrogen-bond acceptors (Lipinski definition) is 4. The van der Waals surface area contributed by atoms with Crippen molar-refractivity contribution in [2.75, 3.05) is 26.4 Å². The fraction of sp³-hybridized carbons (Fsp3) is 0.833. The van der Waals surface area contributed by atoms with Crippen LogP contribution in [0.15, 0.2) is 0 Å². The van der Waals surface area contributed by atoms with Crippen LogP contribution in [-0.4, -0.2) is 60.4 Å². The Morgan fingerprint density at radius 1 is 1.28 bits per heavy atom. The Bertz CT molecular complexity index is 314. The van der Waals surface area contributed by atoms with E-state index in [1.807, 2.05) is 0 Å². The molecule has 1 amide bonds. The zero-order chi connectivity index (χ0) is 13.0. The Labute approximate surface area is 106 Å². The summed E-state index contributed by atoms with van der Waals surface area (Å²) in [6.45, 7) is 1.83. The molecule has 0 aliphatic carbocycles.